The molecule has 0 saturated heterocycles. The van der Waals surface area contributed by atoms with E-state index in [1.54, 1.807) is 22.6 Å². The molecule has 2 N–H and O–H groups in total. The van der Waals surface area contributed by atoms with Crippen molar-refractivity contribution in [1.29, 1.82) is 0 Å². The molecule has 0 saturated carbocycles. The third-order valence-electron chi connectivity index (χ3n) is 2.10. The lowest BCUT2D eigenvalue weighted by Crippen LogP contribution is -1.92. The summed E-state index contributed by atoms with van der Waals surface area (Å²) in [4.78, 5) is 1.06. The number of ether oxygens (including phenoxy) is 1. The molecular weight excluding hydrogens is 222 g/mol. The fourth-order valence-electron chi connectivity index (χ4n) is 1.37. The van der Waals surface area contributed by atoms with Crippen LogP contribution in [0.2, 0.25) is 0 Å². The molecule has 84 valence electrons. The number of nitrogen functional groups attached to an aromatic ring is 1. The van der Waals surface area contributed by atoms with Crippen molar-refractivity contribution in [3.05, 3.63) is 30.5 Å². The van der Waals surface area contributed by atoms with Gasteiger partial charge < -0.3 is 10.5 Å². The molecule has 2 aromatic rings. The molecule has 0 radical (unpaired) electrons. The Morgan fingerprint density at radius 1 is 1.38 bits per heavy atom. The van der Waals surface area contributed by atoms with Gasteiger partial charge >= 0.3 is 0 Å². The molecule has 5 heteroatoms. The first-order valence-electron chi connectivity index (χ1n) is 4.80. The Bertz CT molecular complexity index is 496. The number of benzene rings is 1. The van der Waals surface area contributed by atoms with E-state index in [1.165, 1.54) is 0 Å². The van der Waals surface area contributed by atoms with Gasteiger partial charge in [-0.3, -0.25) is 4.68 Å². The van der Waals surface area contributed by atoms with E-state index in [1.807, 2.05) is 37.6 Å². The van der Waals surface area contributed by atoms with Gasteiger partial charge in [0.2, 0.25) is 0 Å². The number of hydrogen-bond donors (Lipinski definition) is 1. The fraction of sp³-hybridized carbons (Fsp3) is 0.182. The van der Waals surface area contributed by atoms with Gasteiger partial charge in [0.1, 0.15) is 11.4 Å². The first kappa shape index (κ1) is 10.9. The van der Waals surface area contributed by atoms with Crippen molar-refractivity contribution in [2.75, 3.05) is 12.0 Å². The minimum absolute atomic E-state index is 0.448. The van der Waals surface area contributed by atoms with Crippen molar-refractivity contribution in [1.82, 2.24) is 9.78 Å². The SMILES string of the molecule is CSc1ccccc1Oc1nn(C)cc1N. The highest BCUT2D eigenvalue weighted by molar-refractivity contribution is 7.98. The van der Waals surface area contributed by atoms with Gasteiger partial charge in [0, 0.05) is 11.9 Å². The standard InChI is InChI=1S/C11H13N3OS/c1-14-7-8(12)11(13-14)15-9-5-3-4-6-10(9)16-2/h3-7H,12H2,1-2H3. The zero-order chi connectivity index (χ0) is 11.5. The summed E-state index contributed by atoms with van der Waals surface area (Å²) in [7, 11) is 1.81. The molecule has 0 fully saturated rings. The van der Waals surface area contributed by atoms with E-state index in [0.717, 1.165) is 10.6 Å². The number of aromatic nitrogens is 2. The second-order valence-corrected chi connectivity index (χ2v) is 4.16. The summed E-state index contributed by atoms with van der Waals surface area (Å²) >= 11 is 1.63. The van der Waals surface area contributed by atoms with Gasteiger partial charge in [0.25, 0.3) is 5.88 Å². The average Bonchev–Trinajstić information content (AvgIpc) is 2.58. The number of rotatable bonds is 3. The van der Waals surface area contributed by atoms with E-state index in [2.05, 4.69) is 5.10 Å². The van der Waals surface area contributed by atoms with Gasteiger partial charge in [0.15, 0.2) is 0 Å². The summed E-state index contributed by atoms with van der Waals surface area (Å²) in [6.07, 6.45) is 3.72. The van der Waals surface area contributed by atoms with Gasteiger partial charge in [-0.1, -0.05) is 12.1 Å². The molecule has 0 aliphatic carbocycles. The smallest absolute Gasteiger partial charge is 0.261 e. The summed E-state index contributed by atoms with van der Waals surface area (Å²) < 4.78 is 7.31. The predicted molar refractivity (Wildman–Crippen MR) is 65.9 cm³/mol. The fourth-order valence-corrected chi connectivity index (χ4v) is 1.90. The van der Waals surface area contributed by atoms with Crippen molar-refractivity contribution in [3.8, 4) is 11.6 Å². The quantitative estimate of drug-likeness (QED) is 0.830. The second kappa shape index (κ2) is 4.49. The van der Waals surface area contributed by atoms with Gasteiger partial charge in [-0.15, -0.1) is 16.9 Å². The van der Waals surface area contributed by atoms with E-state index in [-0.39, 0.29) is 0 Å². The molecule has 0 bridgehead atoms. The Balaban J connectivity index is 2.30. The van der Waals surface area contributed by atoms with Crippen LogP contribution in [0.3, 0.4) is 0 Å². The van der Waals surface area contributed by atoms with E-state index in [9.17, 15) is 0 Å². The lowest BCUT2D eigenvalue weighted by molar-refractivity contribution is 0.446. The molecule has 1 aromatic heterocycles. The topological polar surface area (TPSA) is 53.1 Å². The zero-order valence-electron chi connectivity index (χ0n) is 9.18. The van der Waals surface area contributed by atoms with Crippen LogP contribution < -0.4 is 10.5 Å². The summed E-state index contributed by atoms with van der Waals surface area (Å²) in [5, 5.41) is 4.14. The minimum Gasteiger partial charge on any atom is -0.435 e. The van der Waals surface area contributed by atoms with Crippen molar-refractivity contribution in [2.45, 2.75) is 4.90 Å². The van der Waals surface area contributed by atoms with E-state index < -0.39 is 0 Å². The molecule has 0 spiro atoms. The van der Waals surface area contributed by atoms with Crippen LogP contribution in [0.25, 0.3) is 0 Å². The third kappa shape index (κ3) is 2.14. The molecule has 2 rings (SSSR count). The third-order valence-corrected chi connectivity index (χ3v) is 2.87. The molecule has 0 aliphatic heterocycles. The van der Waals surface area contributed by atoms with Crippen molar-refractivity contribution in [3.63, 3.8) is 0 Å². The Hall–Kier alpha value is -1.62. The van der Waals surface area contributed by atoms with Gasteiger partial charge in [-0.2, -0.15) is 0 Å². The highest BCUT2D eigenvalue weighted by Gasteiger charge is 2.09. The lowest BCUT2D eigenvalue weighted by Gasteiger charge is -2.07. The minimum atomic E-state index is 0.448. The van der Waals surface area contributed by atoms with Gasteiger partial charge in [-0.25, -0.2) is 0 Å². The number of hydrogen-bond acceptors (Lipinski definition) is 4. The summed E-state index contributed by atoms with van der Waals surface area (Å²) in [5.41, 5.74) is 6.31. The van der Waals surface area contributed by atoms with Crippen LogP contribution in [0, 0.1) is 0 Å². The Morgan fingerprint density at radius 2 is 2.12 bits per heavy atom. The van der Waals surface area contributed by atoms with Gasteiger partial charge in [0.05, 0.1) is 6.20 Å². The summed E-state index contributed by atoms with van der Waals surface area (Å²) in [6.45, 7) is 0. The molecule has 0 amide bonds. The number of anilines is 1. The highest BCUT2D eigenvalue weighted by Crippen LogP contribution is 2.32. The second-order valence-electron chi connectivity index (χ2n) is 3.32. The van der Waals surface area contributed by atoms with Crippen LogP contribution in [0.5, 0.6) is 11.6 Å². The van der Waals surface area contributed by atoms with Gasteiger partial charge in [-0.05, 0) is 18.4 Å². The number of para-hydroxylation sites is 1. The average molecular weight is 235 g/mol. The molecule has 0 unspecified atom stereocenters. The zero-order valence-corrected chi connectivity index (χ0v) is 9.99. The molecule has 0 atom stereocenters. The van der Waals surface area contributed by atoms with E-state index >= 15 is 0 Å². The first-order valence-corrected chi connectivity index (χ1v) is 6.03. The van der Waals surface area contributed by atoms with Crippen LogP contribution in [0.4, 0.5) is 5.69 Å². The monoisotopic (exact) mass is 235 g/mol. The number of nitrogens with zero attached hydrogens (tertiary/aromatic N) is 2. The van der Waals surface area contributed by atoms with Crippen molar-refractivity contribution in [2.24, 2.45) is 7.05 Å². The number of thioether (sulfide) groups is 1. The Morgan fingerprint density at radius 3 is 2.75 bits per heavy atom. The van der Waals surface area contributed by atoms with Crippen molar-refractivity contribution >= 4 is 17.4 Å². The molecular formula is C11H13N3OS. The molecule has 16 heavy (non-hydrogen) atoms. The maximum Gasteiger partial charge on any atom is 0.261 e. The van der Waals surface area contributed by atoms with E-state index in [0.29, 0.717) is 11.6 Å². The number of nitrogens with two attached hydrogens (primary N) is 1. The lowest BCUT2D eigenvalue weighted by atomic mass is 10.3. The van der Waals surface area contributed by atoms with E-state index in [4.69, 9.17) is 10.5 Å². The Labute approximate surface area is 98.4 Å². The summed E-state index contributed by atoms with van der Waals surface area (Å²) in [5.74, 6) is 1.23. The number of aryl methyl sites for hydroxylation is 1. The van der Waals surface area contributed by atoms with Crippen LogP contribution in [-0.2, 0) is 7.05 Å². The van der Waals surface area contributed by atoms with Crippen LogP contribution in [0.15, 0.2) is 35.4 Å². The van der Waals surface area contributed by atoms with Crippen molar-refractivity contribution < 1.29 is 4.74 Å². The maximum absolute atomic E-state index is 5.77. The highest BCUT2D eigenvalue weighted by atomic mass is 32.2. The Kier molecular flexibility index (Phi) is 3.05. The summed E-state index contributed by atoms with van der Waals surface area (Å²) in [6, 6.07) is 7.80. The molecule has 1 heterocycles. The van der Waals surface area contributed by atoms with Crippen LogP contribution in [0.1, 0.15) is 0 Å². The maximum atomic E-state index is 5.77. The first-order chi connectivity index (χ1) is 7.70. The molecule has 0 aliphatic rings. The molecule has 4 nitrogen and oxygen atoms in total. The molecule has 1 aromatic carbocycles. The van der Waals surface area contributed by atoms with Crippen LogP contribution >= 0.6 is 11.8 Å². The van der Waals surface area contributed by atoms with Crippen LogP contribution in [-0.4, -0.2) is 16.0 Å². The predicted octanol–water partition coefficient (Wildman–Crippen LogP) is 2.52. The largest absolute Gasteiger partial charge is 0.435 e. The normalized spacial score (nSPS) is 10.4.